The van der Waals surface area contributed by atoms with Gasteiger partial charge in [0.1, 0.15) is 5.84 Å². The van der Waals surface area contributed by atoms with Crippen molar-refractivity contribution in [2.24, 2.45) is 5.73 Å². The highest BCUT2D eigenvalue weighted by molar-refractivity contribution is 5.98. The SMILES string of the molecule is CCC(=O)NNC(=O)c1ccc(C(=N)N)cc1. The smallest absolute Gasteiger partial charge is 0.269 e. The first-order chi connectivity index (χ1) is 8.04. The molecule has 0 aromatic heterocycles. The van der Waals surface area contributed by atoms with Crippen LogP contribution in [0.1, 0.15) is 29.3 Å². The molecule has 1 aromatic rings. The predicted molar refractivity (Wildman–Crippen MR) is 63.4 cm³/mol. The first-order valence-electron chi connectivity index (χ1n) is 5.08. The van der Waals surface area contributed by atoms with E-state index in [1.807, 2.05) is 0 Å². The molecule has 0 aliphatic rings. The van der Waals surface area contributed by atoms with E-state index in [1.165, 1.54) is 12.1 Å². The summed E-state index contributed by atoms with van der Waals surface area (Å²) in [7, 11) is 0. The summed E-state index contributed by atoms with van der Waals surface area (Å²) in [6.45, 7) is 1.68. The van der Waals surface area contributed by atoms with Crippen LogP contribution in [0.2, 0.25) is 0 Å². The monoisotopic (exact) mass is 234 g/mol. The number of amides is 2. The third-order valence-corrected chi connectivity index (χ3v) is 2.09. The summed E-state index contributed by atoms with van der Waals surface area (Å²) >= 11 is 0. The van der Waals surface area contributed by atoms with Crippen molar-refractivity contribution in [2.45, 2.75) is 13.3 Å². The molecule has 0 aliphatic carbocycles. The molecule has 17 heavy (non-hydrogen) atoms. The van der Waals surface area contributed by atoms with Gasteiger partial charge in [0.15, 0.2) is 0 Å². The van der Waals surface area contributed by atoms with Gasteiger partial charge in [0.2, 0.25) is 5.91 Å². The van der Waals surface area contributed by atoms with Gasteiger partial charge >= 0.3 is 0 Å². The Morgan fingerprint density at radius 3 is 2.18 bits per heavy atom. The van der Waals surface area contributed by atoms with Crippen LogP contribution in [0.25, 0.3) is 0 Å². The Hall–Kier alpha value is -2.37. The predicted octanol–water partition coefficient (Wildman–Crippen LogP) is 0.142. The van der Waals surface area contributed by atoms with Gasteiger partial charge in [-0.15, -0.1) is 0 Å². The van der Waals surface area contributed by atoms with Crippen molar-refractivity contribution >= 4 is 17.6 Å². The molecule has 5 N–H and O–H groups in total. The molecule has 0 saturated carbocycles. The molecule has 0 heterocycles. The molecule has 0 bridgehead atoms. The Balaban J connectivity index is 2.64. The van der Waals surface area contributed by atoms with Crippen molar-refractivity contribution in [2.75, 3.05) is 0 Å². The van der Waals surface area contributed by atoms with Gasteiger partial charge in [0.05, 0.1) is 0 Å². The molecule has 6 heteroatoms. The minimum atomic E-state index is -0.415. The molecular weight excluding hydrogens is 220 g/mol. The van der Waals surface area contributed by atoms with Gasteiger partial charge in [-0.25, -0.2) is 0 Å². The van der Waals surface area contributed by atoms with E-state index in [2.05, 4.69) is 10.9 Å². The Morgan fingerprint density at radius 1 is 1.18 bits per heavy atom. The molecule has 0 saturated heterocycles. The first-order valence-corrected chi connectivity index (χ1v) is 5.08. The van der Waals surface area contributed by atoms with Crippen molar-refractivity contribution in [3.63, 3.8) is 0 Å². The van der Waals surface area contributed by atoms with Crippen molar-refractivity contribution in [3.05, 3.63) is 35.4 Å². The number of hydrazine groups is 1. The lowest BCUT2D eigenvalue weighted by atomic mass is 10.1. The summed E-state index contributed by atoms with van der Waals surface area (Å²) in [5, 5.41) is 7.20. The zero-order chi connectivity index (χ0) is 12.8. The van der Waals surface area contributed by atoms with Crippen LogP contribution in [-0.2, 0) is 4.79 Å². The summed E-state index contributed by atoms with van der Waals surface area (Å²) in [6.07, 6.45) is 0.295. The number of carbonyl (C=O) groups excluding carboxylic acids is 2. The van der Waals surface area contributed by atoms with Crippen LogP contribution in [0.5, 0.6) is 0 Å². The Bertz CT molecular complexity index is 439. The third kappa shape index (κ3) is 3.60. The maximum absolute atomic E-state index is 11.5. The van der Waals surface area contributed by atoms with Crippen LogP contribution in [0, 0.1) is 5.41 Å². The van der Waals surface area contributed by atoms with E-state index >= 15 is 0 Å². The van der Waals surface area contributed by atoms with Gasteiger partial charge < -0.3 is 5.73 Å². The Labute approximate surface area is 98.7 Å². The highest BCUT2D eigenvalue weighted by Crippen LogP contribution is 2.03. The minimum absolute atomic E-state index is 0.0590. The lowest BCUT2D eigenvalue weighted by Crippen LogP contribution is -2.41. The van der Waals surface area contributed by atoms with E-state index in [9.17, 15) is 9.59 Å². The summed E-state index contributed by atoms with van der Waals surface area (Å²) in [4.78, 5) is 22.5. The lowest BCUT2D eigenvalue weighted by molar-refractivity contribution is -0.121. The van der Waals surface area contributed by atoms with E-state index in [-0.39, 0.29) is 11.7 Å². The van der Waals surface area contributed by atoms with Gasteiger partial charge in [-0.05, 0) is 12.1 Å². The van der Waals surface area contributed by atoms with Crippen LogP contribution in [0.4, 0.5) is 0 Å². The van der Waals surface area contributed by atoms with Crippen molar-refractivity contribution < 1.29 is 9.59 Å². The van der Waals surface area contributed by atoms with E-state index in [4.69, 9.17) is 11.1 Å². The van der Waals surface area contributed by atoms with Crippen LogP contribution >= 0.6 is 0 Å². The molecule has 6 nitrogen and oxygen atoms in total. The van der Waals surface area contributed by atoms with Crippen LogP contribution < -0.4 is 16.6 Å². The molecule has 0 aliphatic heterocycles. The number of nitrogens with two attached hydrogens (primary N) is 1. The molecule has 0 radical (unpaired) electrons. The number of hydrogen-bond acceptors (Lipinski definition) is 3. The van der Waals surface area contributed by atoms with Gasteiger partial charge in [0.25, 0.3) is 5.91 Å². The Kier molecular flexibility index (Phi) is 4.21. The zero-order valence-corrected chi connectivity index (χ0v) is 9.41. The van der Waals surface area contributed by atoms with Crippen molar-refractivity contribution in [1.82, 2.24) is 10.9 Å². The number of carbonyl (C=O) groups is 2. The average Bonchev–Trinajstić information content (AvgIpc) is 2.35. The van der Waals surface area contributed by atoms with Gasteiger partial charge in [-0.3, -0.25) is 25.8 Å². The molecule has 90 valence electrons. The van der Waals surface area contributed by atoms with E-state index in [0.29, 0.717) is 17.5 Å². The highest BCUT2D eigenvalue weighted by atomic mass is 16.2. The molecule has 0 spiro atoms. The van der Waals surface area contributed by atoms with Gasteiger partial charge in [0, 0.05) is 17.5 Å². The second-order valence-electron chi connectivity index (χ2n) is 3.35. The average molecular weight is 234 g/mol. The maximum atomic E-state index is 11.5. The fraction of sp³-hybridized carbons (Fsp3) is 0.182. The maximum Gasteiger partial charge on any atom is 0.269 e. The van der Waals surface area contributed by atoms with E-state index in [1.54, 1.807) is 19.1 Å². The normalized spacial score (nSPS) is 9.47. The standard InChI is InChI=1S/C11H14N4O2/c1-2-9(16)14-15-11(17)8-5-3-7(4-6-8)10(12)13/h3-6H,2H2,1H3,(H3,12,13)(H,14,16)(H,15,17). The number of benzene rings is 1. The fourth-order valence-electron chi connectivity index (χ4n) is 1.09. The molecule has 0 fully saturated rings. The highest BCUT2D eigenvalue weighted by Gasteiger charge is 2.06. The number of amidine groups is 1. The van der Waals surface area contributed by atoms with Crippen LogP contribution in [-0.4, -0.2) is 17.6 Å². The number of nitrogens with one attached hydrogen (secondary N) is 3. The minimum Gasteiger partial charge on any atom is -0.384 e. The molecule has 2 amide bonds. The second-order valence-corrected chi connectivity index (χ2v) is 3.35. The second kappa shape index (κ2) is 5.64. The Morgan fingerprint density at radius 2 is 1.71 bits per heavy atom. The fourth-order valence-corrected chi connectivity index (χ4v) is 1.09. The summed E-state index contributed by atoms with van der Waals surface area (Å²) in [5.41, 5.74) is 10.7. The molecular formula is C11H14N4O2. The van der Waals surface area contributed by atoms with Crippen molar-refractivity contribution in [3.8, 4) is 0 Å². The summed E-state index contributed by atoms with van der Waals surface area (Å²) < 4.78 is 0. The third-order valence-electron chi connectivity index (χ3n) is 2.09. The van der Waals surface area contributed by atoms with E-state index in [0.717, 1.165) is 0 Å². The van der Waals surface area contributed by atoms with Crippen molar-refractivity contribution in [1.29, 1.82) is 5.41 Å². The summed E-state index contributed by atoms with van der Waals surface area (Å²) in [5.74, 6) is -0.739. The number of hydrogen-bond donors (Lipinski definition) is 4. The summed E-state index contributed by atoms with van der Waals surface area (Å²) in [6, 6.07) is 6.20. The quantitative estimate of drug-likeness (QED) is 0.339. The van der Waals surface area contributed by atoms with Crippen LogP contribution in [0.15, 0.2) is 24.3 Å². The largest absolute Gasteiger partial charge is 0.384 e. The number of rotatable bonds is 3. The number of nitrogen functional groups attached to an aromatic ring is 1. The van der Waals surface area contributed by atoms with Gasteiger partial charge in [-0.2, -0.15) is 0 Å². The first kappa shape index (κ1) is 12.7. The molecule has 1 rings (SSSR count). The lowest BCUT2D eigenvalue weighted by Gasteiger charge is -2.06. The molecule has 0 atom stereocenters. The topological polar surface area (TPSA) is 108 Å². The van der Waals surface area contributed by atoms with Crippen LogP contribution in [0.3, 0.4) is 0 Å². The van der Waals surface area contributed by atoms with Gasteiger partial charge in [-0.1, -0.05) is 19.1 Å². The molecule has 0 unspecified atom stereocenters. The molecule has 1 aromatic carbocycles. The zero-order valence-electron chi connectivity index (χ0n) is 9.41. The van der Waals surface area contributed by atoms with E-state index < -0.39 is 5.91 Å².